The SMILES string of the molecule is N#CCC(O)Cc1nc(-c2cccs2)no1. The average Bonchev–Trinajstić information content (AvgIpc) is 2.86. The number of rotatable bonds is 4. The van der Waals surface area contributed by atoms with Crippen molar-refractivity contribution in [2.24, 2.45) is 0 Å². The normalized spacial score (nSPS) is 12.2. The van der Waals surface area contributed by atoms with Gasteiger partial charge in [0.15, 0.2) is 0 Å². The maximum atomic E-state index is 9.39. The molecule has 1 N–H and O–H groups in total. The van der Waals surface area contributed by atoms with Crippen molar-refractivity contribution in [1.29, 1.82) is 5.26 Å². The first kappa shape index (κ1) is 10.8. The summed E-state index contributed by atoms with van der Waals surface area (Å²) in [5, 5.41) is 23.5. The minimum absolute atomic E-state index is 0.0662. The molecule has 2 heterocycles. The van der Waals surface area contributed by atoms with Gasteiger partial charge in [0.2, 0.25) is 11.7 Å². The molecule has 0 bridgehead atoms. The Labute approximate surface area is 96.0 Å². The van der Waals surface area contributed by atoms with E-state index in [1.165, 1.54) is 11.3 Å². The molecule has 0 aliphatic carbocycles. The van der Waals surface area contributed by atoms with Crippen LogP contribution in [0.3, 0.4) is 0 Å². The van der Waals surface area contributed by atoms with Crippen LogP contribution in [0.4, 0.5) is 0 Å². The molecule has 2 rings (SSSR count). The van der Waals surface area contributed by atoms with E-state index in [9.17, 15) is 5.11 Å². The molecule has 0 aromatic carbocycles. The minimum atomic E-state index is -0.748. The van der Waals surface area contributed by atoms with Crippen molar-refractivity contribution in [2.75, 3.05) is 0 Å². The maximum Gasteiger partial charge on any atom is 0.229 e. The molecule has 0 saturated carbocycles. The number of hydrogen-bond acceptors (Lipinski definition) is 6. The smallest absolute Gasteiger partial charge is 0.229 e. The molecule has 1 unspecified atom stereocenters. The van der Waals surface area contributed by atoms with Crippen molar-refractivity contribution in [2.45, 2.75) is 18.9 Å². The van der Waals surface area contributed by atoms with Crippen LogP contribution in [-0.4, -0.2) is 21.4 Å². The lowest BCUT2D eigenvalue weighted by atomic mass is 10.2. The second kappa shape index (κ2) is 4.88. The van der Waals surface area contributed by atoms with Gasteiger partial charge >= 0.3 is 0 Å². The summed E-state index contributed by atoms with van der Waals surface area (Å²) in [6.07, 6.45) is -0.468. The Morgan fingerprint density at radius 1 is 1.62 bits per heavy atom. The van der Waals surface area contributed by atoms with E-state index < -0.39 is 6.10 Å². The first-order valence-electron chi connectivity index (χ1n) is 4.71. The van der Waals surface area contributed by atoms with E-state index in [-0.39, 0.29) is 12.8 Å². The van der Waals surface area contributed by atoms with E-state index in [2.05, 4.69) is 10.1 Å². The molecule has 6 heteroatoms. The topological polar surface area (TPSA) is 82.9 Å². The molecule has 0 saturated heterocycles. The molecule has 2 aromatic rings. The molecule has 0 aliphatic heterocycles. The fourth-order valence-electron chi connectivity index (χ4n) is 1.22. The first-order chi connectivity index (χ1) is 7.79. The van der Waals surface area contributed by atoms with Crippen LogP contribution in [0, 0.1) is 11.3 Å². The summed E-state index contributed by atoms with van der Waals surface area (Å²) in [7, 11) is 0. The summed E-state index contributed by atoms with van der Waals surface area (Å²) in [5.41, 5.74) is 0. The number of nitriles is 1. The van der Waals surface area contributed by atoms with Crippen LogP contribution in [0.25, 0.3) is 10.7 Å². The van der Waals surface area contributed by atoms with Gasteiger partial charge < -0.3 is 9.63 Å². The monoisotopic (exact) mass is 235 g/mol. The number of aromatic nitrogens is 2. The molecule has 2 aromatic heterocycles. The highest BCUT2D eigenvalue weighted by atomic mass is 32.1. The lowest BCUT2D eigenvalue weighted by Gasteiger charge is -1.99. The Kier molecular flexibility index (Phi) is 3.29. The second-order valence-electron chi connectivity index (χ2n) is 3.21. The highest BCUT2D eigenvalue weighted by Gasteiger charge is 2.13. The lowest BCUT2D eigenvalue weighted by Crippen LogP contribution is -2.09. The van der Waals surface area contributed by atoms with Crippen molar-refractivity contribution in [3.8, 4) is 16.8 Å². The quantitative estimate of drug-likeness (QED) is 0.870. The van der Waals surface area contributed by atoms with Crippen LogP contribution in [0.2, 0.25) is 0 Å². The van der Waals surface area contributed by atoms with Crippen LogP contribution >= 0.6 is 11.3 Å². The average molecular weight is 235 g/mol. The van der Waals surface area contributed by atoms with Crippen molar-refractivity contribution in [3.05, 3.63) is 23.4 Å². The molecule has 0 amide bonds. The molecule has 82 valence electrons. The Morgan fingerprint density at radius 3 is 3.19 bits per heavy atom. The van der Waals surface area contributed by atoms with Crippen molar-refractivity contribution in [1.82, 2.24) is 10.1 Å². The first-order valence-corrected chi connectivity index (χ1v) is 5.59. The number of aliphatic hydroxyl groups excluding tert-OH is 1. The molecule has 0 spiro atoms. The maximum absolute atomic E-state index is 9.39. The van der Waals surface area contributed by atoms with E-state index >= 15 is 0 Å². The van der Waals surface area contributed by atoms with Crippen molar-refractivity contribution >= 4 is 11.3 Å². The van der Waals surface area contributed by atoms with Crippen LogP contribution in [0.15, 0.2) is 22.0 Å². The molecule has 16 heavy (non-hydrogen) atoms. The Morgan fingerprint density at radius 2 is 2.50 bits per heavy atom. The minimum Gasteiger partial charge on any atom is -0.392 e. The standard InChI is InChI=1S/C10H9N3O2S/c11-4-3-7(14)6-9-12-10(13-15-9)8-2-1-5-16-8/h1-2,5,7,14H,3,6H2. The van der Waals surface area contributed by atoms with Crippen LogP contribution in [-0.2, 0) is 6.42 Å². The molecule has 1 atom stereocenters. The van der Waals surface area contributed by atoms with E-state index in [1.807, 2.05) is 23.6 Å². The summed E-state index contributed by atoms with van der Waals surface area (Å²) in [5.74, 6) is 0.875. The largest absolute Gasteiger partial charge is 0.392 e. The number of thiophene rings is 1. The predicted octanol–water partition coefficient (Wildman–Crippen LogP) is 1.62. The molecular formula is C10H9N3O2S. The van der Waals surface area contributed by atoms with E-state index in [4.69, 9.17) is 9.78 Å². The van der Waals surface area contributed by atoms with Crippen LogP contribution in [0.1, 0.15) is 12.3 Å². The summed E-state index contributed by atoms with van der Waals surface area (Å²) in [4.78, 5) is 5.06. The number of hydrogen-bond donors (Lipinski definition) is 1. The lowest BCUT2D eigenvalue weighted by molar-refractivity contribution is 0.167. The molecular weight excluding hydrogens is 226 g/mol. The molecule has 0 radical (unpaired) electrons. The fourth-order valence-corrected chi connectivity index (χ4v) is 1.87. The Bertz CT molecular complexity index is 486. The third-order valence-corrected chi connectivity index (χ3v) is 2.81. The number of nitrogens with zero attached hydrogens (tertiary/aromatic N) is 3. The zero-order chi connectivity index (χ0) is 11.4. The Balaban J connectivity index is 2.06. The fraction of sp³-hybridized carbons (Fsp3) is 0.300. The van der Waals surface area contributed by atoms with Gasteiger partial charge in [-0.25, -0.2) is 0 Å². The highest BCUT2D eigenvalue weighted by molar-refractivity contribution is 7.13. The van der Waals surface area contributed by atoms with Gasteiger partial charge in [0, 0.05) is 0 Å². The van der Waals surface area contributed by atoms with Gasteiger partial charge in [0.1, 0.15) is 0 Å². The number of aliphatic hydroxyl groups is 1. The van der Waals surface area contributed by atoms with E-state index in [0.717, 1.165) is 4.88 Å². The van der Waals surface area contributed by atoms with Gasteiger partial charge in [-0.2, -0.15) is 10.2 Å². The Hall–Kier alpha value is -1.71. The second-order valence-corrected chi connectivity index (χ2v) is 4.16. The summed E-state index contributed by atoms with van der Waals surface area (Å²) >= 11 is 1.52. The van der Waals surface area contributed by atoms with Gasteiger partial charge in [-0.05, 0) is 11.4 Å². The molecule has 5 nitrogen and oxygen atoms in total. The summed E-state index contributed by atoms with van der Waals surface area (Å²) in [6, 6.07) is 5.68. The van der Waals surface area contributed by atoms with Gasteiger partial charge in [-0.15, -0.1) is 11.3 Å². The summed E-state index contributed by atoms with van der Waals surface area (Å²) < 4.78 is 4.98. The zero-order valence-electron chi connectivity index (χ0n) is 8.33. The van der Waals surface area contributed by atoms with Crippen molar-refractivity contribution < 1.29 is 9.63 Å². The molecule has 0 fully saturated rings. The van der Waals surface area contributed by atoms with Gasteiger partial charge in [-0.1, -0.05) is 11.2 Å². The van der Waals surface area contributed by atoms with Gasteiger partial charge in [0.25, 0.3) is 0 Å². The van der Waals surface area contributed by atoms with Gasteiger partial charge in [-0.3, -0.25) is 0 Å². The van der Waals surface area contributed by atoms with Crippen molar-refractivity contribution in [3.63, 3.8) is 0 Å². The third-order valence-electron chi connectivity index (χ3n) is 1.95. The van der Waals surface area contributed by atoms with E-state index in [0.29, 0.717) is 11.7 Å². The van der Waals surface area contributed by atoms with E-state index in [1.54, 1.807) is 0 Å². The molecule has 0 aliphatic rings. The predicted molar refractivity (Wildman–Crippen MR) is 57.6 cm³/mol. The van der Waals surface area contributed by atoms with Crippen LogP contribution < -0.4 is 0 Å². The zero-order valence-corrected chi connectivity index (χ0v) is 9.15. The third kappa shape index (κ3) is 2.45. The van der Waals surface area contributed by atoms with Crippen LogP contribution in [0.5, 0.6) is 0 Å². The van der Waals surface area contributed by atoms with Gasteiger partial charge in [0.05, 0.1) is 29.9 Å². The summed E-state index contributed by atoms with van der Waals surface area (Å²) in [6.45, 7) is 0. The highest BCUT2D eigenvalue weighted by Crippen LogP contribution is 2.21.